The van der Waals surface area contributed by atoms with Crippen molar-refractivity contribution in [3.63, 3.8) is 0 Å². The molecule has 0 bridgehead atoms. The molecule has 0 atom stereocenters. The number of primary amides is 1. The van der Waals surface area contributed by atoms with E-state index in [0.717, 1.165) is 5.56 Å². The standard InChI is InChI=1S/C17H16Cl2N2O4/c18-14-6-5-13(7-15(14)19)25-10-17(23)21-8-11-1-3-12(4-2-11)24-9-16(20)22/h1-7H,8-10H2,(H2,20,22)(H,21,23). The summed E-state index contributed by atoms with van der Waals surface area (Å²) < 4.78 is 10.5. The number of nitrogens with two attached hydrogens (primary N) is 1. The van der Waals surface area contributed by atoms with Gasteiger partial charge in [0.05, 0.1) is 10.0 Å². The molecule has 0 unspecified atom stereocenters. The number of carbonyl (C=O) groups excluding carboxylic acids is 2. The van der Waals surface area contributed by atoms with Gasteiger partial charge in [0.1, 0.15) is 11.5 Å². The second kappa shape index (κ2) is 9.15. The molecule has 0 spiro atoms. The first kappa shape index (κ1) is 18.9. The first-order valence-electron chi connectivity index (χ1n) is 7.28. The van der Waals surface area contributed by atoms with E-state index in [0.29, 0.717) is 28.1 Å². The maximum absolute atomic E-state index is 11.8. The van der Waals surface area contributed by atoms with E-state index in [4.69, 9.17) is 38.4 Å². The molecule has 3 N–H and O–H groups in total. The minimum Gasteiger partial charge on any atom is -0.484 e. The molecule has 2 aromatic carbocycles. The molecule has 0 saturated carbocycles. The first-order chi connectivity index (χ1) is 11.9. The van der Waals surface area contributed by atoms with Crippen LogP contribution in [-0.4, -0.2) is 25.0 Å². The van der Waals surface area contributed by atoms with Crippen LogP contribution in [0, 0.1) is 0 Å². The summed E-state index contributed by atoms with van der Waals surface area (Å²) >= 11 is 11.7. The summed E-state index contributed by atoms with van der Waals surface area (Å²) in [4.78, 5) is 22.5. The van der Waals surface area contributed by atoms with E-state index in [1.807, 2.05) is 0 Å². The summed E-state index contributed by atoms with van der Waals surface area (Å²) in [7, 11) is 0. The van der Waals surface area contributed by atoms with E-state index >= 15 is 0 Å². The number of benzene rings is 2. The first-order valence-corrected chi connectivity index (χ1v) is 8.04. The van der Waals surface area contributed by atoms with Gasteiger partial charge in [-0.05, 0) is 29.8 Å². The lowest BCUT2D eigenvalue weighted by atomic mass is 10.2. The van der Waals surface area contributed by atoms with Crippen molar-refractivity contribution in [2.24, 2.45) is 5.73 Å². The number of ether oxygens (including phenoxy) is 2. The highest BCUT2D eigenvalue weighted by Crippen LogP contribution is 2.26. The summed E-state index contributed by atoms with van der Waals surface area (Å²) in [6, 6.07) is 11.7. The Labute approximate surface area is 154 Å². The molecule has 0 aromatic heterocycles. The molecule has 6 nitrogen and oxygen atoms in total. The van der Waals surface area contributed by atoms with Crippen molar-refractivity contribution in [1.82, 2.24) is 5.32 Å². The van der Waals surface area contributed by atoms with Crippen molar-refractivity contribution in [3.05, 3.63) is 58.1 Å². The molecular formula is C17H16Cl2N2O4. The molecule has 0 aliphatic rings. The Balaban J connectivity index is 1.75. The average molecular weight is 383 g/mol. The predicted octanol–water partition coefficient (Wildman–Crippen LogP) is 2.55. The van der Waals surface area contributed by atoms with Gasteiger partial charge in [0, 0.05) is 12.6 Å². The summed E-state index contributed by atoms with van der Waals surface area (Å²) in [6.07, 6.45) is 0. The third-order valence-electron chi connectivity index (χ3n) is 3.06. The van der Waals surface area contributed by atoms with Gasteiger partial charge in [-0.2, -0.15) is 0 Å². The number of amides is 2. The number of halogens is 2. The molecular weight excluding hydrogens is 367 g/mol. The van der Waals surface area contributed by atoms with Gasteiger partial charge in [0.15, 0.2) is 13.2 Å². The highest BCUT2D eigenvalue weighted by molar-refractivity contribution is 6.42. The normalized spacial score (nSPS) is 10.2. The number of hydrogen-bond acceptors (Lipinski definition) is 4. The lowest BCUT2D eigenvalue weighted by Gasteiger charge is -2.09. The van der Waals surface area contributed by atoms with Crippen molar-refractivity contribution in [3.8, 4) is 11.5 Å². The van der Waals surface area contributed by atoms with Gasteiger partial charge >= 0.3 is 0 Å². The Bertz CT molecular complexity index is 751. The molecule has 0 fully saturated rings. The fourth-order valence-corrected chi connectivity index (χ4v) is 2.11. The molecule has 0 aliphatic carbocycles. The number of carbonyl (C=O) groups is 2. The van der Waals surface area contributed by atoms with Crippen molar-refractivity contribution < 1.29 is 19.1 Å². The molecule has 2 rings (SSSR count). The van der Waals surface area contributed by atoms with Crippen molar-refractivity contribution in [1.29, 1.82) is 0 Å². The van der Waals surface area contributed by atoms with Crippen molar-refractivity contribution in [2.45, 2.75) is 6.54 Å². The molecule has 2 amide bonds. The fraction of sp³-hybridized carbons (Fsp3) is 0.176. The zero-order chi connectivity index (χ0) is 18.2. The summed E-state index contributed by atoms with van der Waals surface area (Å²) in [5.41, 5.74) is 5.87. The third-order valence-corrected chi connectivity index (χ3v) is 3.79. The molecule has 8 heteroatoms. The Kier molecular flexibility index (Phi) is 6.91. The third kappa shape index (κ3) is 6.52. The number of hydrogen-bond donors (Lipinski definition) is 2. The van der Waals surface area contributed by atoms with E-state index < -0.39 is 5.91 Å². The van der Waals surface area contributed by atoms with E-state index in [1.165, 1.54) is 0 Å². The average Bonchev–Trinajstić information content (AvgIpc) is 2.60. The topological polar surface area (TPSA) is 90.7 Å². The molecule has 25 heavy (non-hydrogen) atoms. The van der Waals surface area contributed by atoms with Crippen LogP contribution in [0.2, 0.25) is 10.0 Å². The largest absolute Gasteiger partial charge is 0.484 e. The highest BCUT2D eigenvalue weighted by atomic mass is 35.5. The van der Waals surface area contributed by atoms with Crippen molar-refractivity contribution >= 4 is 35.0 Å². The Morgan fingerprint density at radius 3 is 2.20 bits per heavy atom. The second-order valence-corrected chi connectivity index (χ2v) is 5.85. The monoisotopic (exact) mass is 382 g/mol. The van der Waals surface area contributed by atoms with Gasteiger partial charge in [0.2, 0.25) is 0 Å². The van der Waals surface area contributed by atoms with Crippen LogP contribution in [0.15, 0.2) is 42.5 Å². The van der Waals surface area contributed by atoms with Crippen LogP contribution in [-0.2, 0) is 16.1 Å². The molecule has 0 radical (unpaired) electrons. The Morgan fingerprint density at radius 2 is 1.56 bits per heavy atom. The predicted molar refractivity (Wildman–Crippen MR) is 94.9 cm³/mol. The van der Waals surface area contributed by atoms with Crippen LogP contribution in [0.4, 0.5) is 0 Å². The zero-order valence-corrected chi connectivity index (χ0v) is 14.6. The van der Waals surface area contributed by atoms with E-state index in [1.54, 1.807) is 42.5 Å². The maximum Gasteiger partial charge on any atom is 0.258 e. The highest BCUT2D eigenvalue weighted by Gasteiger charge is 2.05. The van der Waals surface area contributed by atoms with Crippen LogP contribution >= 0.6 is 23.2 Å². The van der Waals surface area contributed by atoms with Crippen LogP contribution in [0.5, 0.6) is 11.5 Å². The summed E-state index contributed by atoms with van der Waals surface area (Å²) in [5.74, 6) is 0.163. The van der Waals surface area contributed by atoms with E-state index in [9.17, 15) is 9.59 Å². The fourth-order valence-electron chi connectivity index (χ4n) is 1.83. The molecule has 0 aliphatic heterocycles. The van der Waals surface area contributed by atoms with Gasteiger partial charge in [-0.3, -0.25) is 9.59 Å². The van der Waals surface area contributed by atoms with Crippen molar-refractivity contribution in [2.75, 3.05) is 13.2 Å². The van der Waals surface area contributed by atoms with Gasteiger partial charge in [-0.25, -0.2) is 0 Å². The molecule has 132 valence electrons. The Morgan fingerprint density at radius 1 is 0.920 bits per heavy atom. The van der Waals surface area contributed by atoms with Crippen LogP contribution in [0.3, 0.4) is 0 Å². The Hall–Kier alpha value is -2.44. The lowest BCUT2D eigenvalue weighted by molar-refractivity contribution is -0.123. The summed E-state index contributed by atoms with van der Waals surface area (Å²) in [6.45, 7) is 0.0135. The molecule has 2 aromatic rings. The minimum atomic E-state index is -0.543. The van der Waals surface area contributed by atoms with Gasteiger partial charge in [-0.15, -0.1) is 0 Å². The zero-order valence-electron chi connectivity index (χ0n) is 13.1. The smallest absolute Gasteiger partial charge is 0.258 e. The summed E-state index contributed by atoms with van der Waals surface area (Å²) in [5, 5.41) is 3.50. The number of rotatable bonds is 8. The SMILES string of the molecule is NC(=O)COc1ccc(CNC(=O)COc2ccc(Cl)c(Cl)c2)cc1. The number of nitrogens with one attached hydrogen (secondary N) is 1. The second-order valence-electron chi connectivity index (χ2n) is 5.04. The lowest BCUT2D eigenvalue weighted by Crippen LogP contribution is -2.28. The molecule has 0 heterocycles. The van der Waals surface area contributed by atoms with Gasteiger partial charge in [-0.1, -0.05) is 35.3 Å². The van der Waals surface area contributed by atoms with Crippen LogP contribution in [0.25, 0.3) is 0 Å². The van der Waals surface area contributed by atoms with Crippen LogP contribution < -0.4 is 20.5 Å². The minimum absolute atomic E-state index is 0.141. The van der Waals surface area contributed by atoms with Crippen LogP contribution in [0.1, 0.15) is 5.56 Å². The van der Waals surface area contributed by atoms with E-state index in [2.05, 4.69) is 5.32 Å². The maximum atomic E-state index is 11.8. The van der Waals surface area contributed by atoms with Gasteiger partial charge < -0.3 is 20.5 Å². The quantitative estimate of drug-likeness (QED) is 0.733. The van der Waals surface area contributed by atoms with Gasteiger partial charge in [0.25, 0.3) is 11.8 Å². The molecule has 0 saturated heterocycles. The van der Waals surface area contributed by atoms with E-state index in [-0.39, 0.29) is 19.1 Å².